The fourth-order valence-corrected chi connectivity index (χ4v) is 3.15. The lowest BCUT2D eigenvalue weighted by molar-refractivity contribution is -0.177. The molecular weight excluding hydrogens is 373 g/mol. The normalized spacial score (nSPS) is 18.6. The molecule has 6 heteroatoms. The van der Waals surface area contributed by atoms with Crippen LogP contribution in [-0.2, 0) is 19.9 Å². The topological polar surface area (TPSA) is 76.4 Å². The summed E-state index contributed by atoms with van der Waals surface area (Å²) >= 11 is 0. The zero-order valence-corrected chi connectivity index (χ0v) is 16.4. The number of carbonyl (C=O) groups is 2. The molecule has 0 amide bonds. The smallest absolute Gasteiger partial charge is 0.356 e. The number of fused-ring (bicyclic) bond motifs is 1. The van der Waals surface area contributed by atoms with Crippen molar-refractivity contribution in [2.75, 3.05) is 0 Å². The number of hydrogen-bond donors (Lipinski definition) is 0. The first-order valence-corrected chi connectivity index (χ1v) is 9.07. The van der Waals surface area contributed by atoms with Crippen molar-refractivity contribution in [3.8, 4) is 6.07 Å². The average molecular weight is 393 g/mol. The Morgan fingerprint density at radius 2 is 1.86 bits per heavy atom. The highest BCUT2D eigenvalue weighted by molar-refractivity contribution is 6.01. The summed E-state index contributed by atoms with van der Waals surface area (Å²) in [6.07, 6.45) is 1.33. The first-order chi connectivity index (χ1) is 13.6. The quantitative estimate of drug-likeness (QED) is 0.563. The fourth-order valence-electron chi connectivity index (χ4n) is 3.15. The Labute approximate surface area is 168 Å². The maximum absolute atomic E-state index is 13.2. The van der Waals surface area contributed by atoms with Gasteiger partial charge in [-0.15, -0.1) is 0 Å². The first kappa shape index (κ1) is 20.3. The van der Waals surface area contributed by atoms with E-state index in [1.807, 2.05) is 6.07 Å². The molecule has 1 atom stereocenters. The average Bonchev–Trinajstić information content (AvgIpc) is 2.95. The lowest BCUT2D eigenvalue weighted by Crippen LogP contribution is -2.42. The van der Waals surface area contributed by atoms with Gasteiger partial charge in [0.2, 0.25) is 5.60 Å². The molecule has 1 aliphatic heterocycles. The van der Waals surface area contributed by atoms with Crippen LogP contribution in [0.25, 0.3) is 6.08 Å². The Hall–Kier alpha value is -3.46. The van der Waals surface area contributed by atoms with E-state index in [4.69, 9.17) is 9.47 Å². The van der Waals surface area contributed by atoms with Crippen LogP contribution in [0.4, 0.5) is 4.39 Å². The number of benzene rings is 2. The predicted molar refractivity (Wildman–Crippen MR) is 104 cm³/mol. The maximum atomic E-state index is 13.2. The Morgan fingerprint density at radius 1 is 1.21 bits per heavy atom. The Balaban J connectivity index is 2.07. The molecule has 0 saturated carbocycles. The summed E-state index contributed by atoms with van der Waals surface area (Å²) in [6, 6.07) is 14.2. The van der Waals surface area contributed by atoms with Gasteiger partial charge >= 0.3 is 11.9 Å². The Kier molecular flexibility index (Phi) is 5.25. The predicted octanol–water partition coefficient (Wildman–Crippen LogP) is 4.53. The van der Waals surface area contributed by atoms with E-state index in [9.17, 15) is 19.2 Å². The zero-order chi connectivity index (χ0) is 21.2. The van der Waals surface area contributed by atoms with E-state index in [0.717, 1.165) is 0 Å². The fraction of sp³-hybridized carbons (Fsp3) is 0.261. The second-order valence-electron chi connectivity index (χ2n) is 7.77. The van der Waals surface area contributed by atoms with Crippen molar-refractivity contribution in [1.82, 2.24) is 0 Å². The van der Waals surface area contributed by atoms with Gasteiger partial charge < -0.3 is 9.47 Å². The second kappa shape index (κ2) is 7.51. The highest BCUT2D eigenvalue weighted by atomic mass is 19.1. The molecule has 1 heterocycles. The lowest BCUT2D eigenvalue weighted by Gasteiger charge is -2.30. The van der Waals surface area contributed by atoms with Gasteiger partial charge in [0.05, 0.1) is 11.6 Å². The minimum Gasteiger partial charge on any atom is -0.457 e. The van der Waals surface area contributed by atoms with Gasteiger partial charge in [0.15, 0.2) is 0 Å². The molecule has 0 bridgehead atoms. The number of esters is 2. The van der Waals surface area contributed by atoms with Crippen LogP contribution < -0.4 is 0 Å². The number of nitriles is 1. The highest BCUT2D eigenvalue weighted by Gasteiger charge is 2.54. The summed E-state index contributed by atoms with van der Waals surface area (Å²) in [6.45, 7) is 5.13. The maximum Gasteiger partial charge on any atom is 0.356 e. The molecule has 5 nitrogen and oxygen atoms in total. The van der Waals surface area contributed by atoms with Gasteiger partial charge in [-0.2, -0.15) is 5.26 Å². The van der Waals surface area contributed by atoms with Crippen LogP contribution in [0.5, 0.6) is 0 Å². The van der Waals surface area contributed by atoms with Gasteiger partial charge in [-0.25, -0.2) is 14.0 Å². The first-order valence-electron chi connectivity index (χ1n) is 9.07. The number of hydrogen-bond acceptors (Lipinski definition) is 5. The van der Waals surface area contributed by atoms with E-state index in [2.05, 4.69) is 0 Å². The van der Waals surface area contributed by atoms with Gasteiger partial charge in [-0.3, -0.25) is 0 Å². The molecular formula is C23H20FNO4. The molecule has 1 aliphatic rings. The summed E-state index contributed by atoms with van der Waals surface area (Å²) in [5, 5.41) is 9.66. The van der Waals surface area contributed by atoms with Crippen molar-refractivity contribution in [3.05, 3.63) is 76.6 Å². The minimum absolute atomic E-state index is 0.187. The van der Waals surface area contributed by atoms with E-state index < -0.39 is 29.0 Å². The summed E-state index contributed by atoms with van der Waals surface area (Å²) in [4.78, 5) is 25.6. The van der Waals surface area contributed by atoms with Crippen LogP contribution >= 0.6 is 0 Å². The molecule has 0 radical (unpaired) electrons. The number of nitrogens with zero attached hydrogens (tertiary/aromatic N) is 1. The van der Waals surface area contributed by atoms with Crippen LogP contribution in [0.2, 0.25) is 0 Å². The van der Waals surface area contributed by atoms with E-state index in [-0.39, 0.29) is 17.6 Å². The van der Waals surface area contributed by atoms with E-state index in [0.29, 0.717) is 11.1 Å². The molecule has 0 aromatic heterocycles. The van der Waals surface area contributed by atoms with Crippen molar-refractivity contribution < 1.29 is 23.5 Å². The molecule has 0 fully saturated rings. The van der Waals surface area contributed by atoms with Gasteiger partial charge in [-0.1, -0.05) is 30.3 Å². The van der Waals surface area contributed by atoms with Crippen molar-refractivity contribution in [2.45, 2.75) is 38.4 Å². The van der Waals surface area contributed by atoms with Crippen molar-refractivity contribution in [3.63, 3.8) is 0 Å². The van der Waals surface area contributed by atoms with Gasteiger partial charge in [0, 0.05) is 17.6 Å². The zero-order valence-electron chi connectivity index (χ0n) is 16.4. The van der Waals surface area contributed by atoms with Gasteiger partial charge in [-0.05, 0) is 50.6 Å². The summed E-state index contributed by atoms with van der Waals surface area (Å²) in [5.74, 6) is -1.79. The van der Waals surface area contributed by atoms with Crippen LogP contribution in [0.3, 0.4) is 0 Å². The Morgan fingerprint density at radius 3 is 2.48 bits per heavy atom. The Bertz CT molecular complexity index is 1030. The van der Waals surface area contributed by atoms with Gasteiger partial charge in [0.1, 0.15) is 11.4 Å². The van der Waals surface area contributed by atoms with Crippen molar-refractivity contribution in [1.29, 1.82) is 5.26 Å². The monoisotopic (exact) mass is 393 g/mol. The number of ether oxygens (including phenoxy) is 2. The van der Waals surface area contributed by atoms with E-state index in [1.54, 1.807) is 45.0 Å². The van der Waals surface area contributed by atoms with Crippen molar-refractivity contribution >= 4 is 18.0 Å². The molecule has 2 aromatic carbocycles. The van der Waals surface area contributed by atoms with Crippen LogP contribution in [0.1, 0.15) is 48.7 Å². The minimum atomic E-state index is -1.76. The molecule has 0 aliphatic carbocycles. The summed E-state index contributed by atoms with van der Waals surface area (Å²) in [7, 11) is 0. The van der Waals surface area contributed by atoms with Crippen LogP contribution in [0, 0.1) is 17.1 Å². The molecule has 2 aromatic rings. The number of cyclic esters (lactones) is 1. The largest absolute Gasteiger partial charge is 0.457 e. The van der Waals surface area contributed by atoms with E-state index in [1.165, 1.54) is 30.3 Å². The van der Waals surface area contributed by atoms with E-state index >= 15 is 0 Å². The van der Waals surface area contributed by atoms with Gasteiger partial charge in [0.25, 0.3) is 0 Å². The van der Waals surface area contributed by atoms with Crippen LogP contribution in [-0.4, -0.2) is 17.5 Å². The third-order valence-electron chi connectivity index (χ3n) is 4.37. The standard InChI is InChI=1S/C23H20FNO4/c1-22(2,3)29-21(27)23(19-7-5-4-6-18(19)20(26)28-23)13-16(14-25)12-15-8-10-17(24)11-9-15/h4-12H,13H2,1-3H3/b16-12-/t23-/m0/s1. The number of carbonyl (C=O) groups excluding carboxylic acids is 2. The molecule has 29 heavy (non-hydrogen) atoms. The molecule has 0 unspecified atom stereocenters. The third-order valence-corrected chi connectivity index (χ3v) is 4.37. The lowest BCUT2D eigenvalue weighted by atomic mass is 9.85. The van der Waals surface area contributed by atoms with Crippen LogP contribution in [0.15, 0.2) is 54.1 Å². The second-order valence-corrected chi connectivity index (χ2v) is 7.77. The number of rotatable bonds is 4. The molecule has 0 N–H and O–H groups in total. The molecule has 3 rings (SSSR count). The molecule has 148 valence electrons. The SMILES string of the molecule is CC(C)(C)OC(=O)[C@@]1(C/C(C#N)=C/c2ccc(F)cc2)OC(=O)c2ccccc21. The highest BCUT2D eigenvalue weighted by Crippen LogP contribution is 2.43. The molecule has 0 saturated heterocycles. The van der Waals surface area contributed by atoms with Crippen molar-refractivity contribution in [2.24, 2.45) is 0 Å². The summed E-state index contributed by atoms with van der Waals surface area (Å²) in [5.41, 5.74) is -1.19. The molecule has 0 spiro atoms. The summed E-state index contributed by atoms with van der Waals surface area (Å²) < 4.78 is 24.3. The number of halogens is 1. The third kappa shape index (κ3) is 4.19.